The SMILES string of the molecule is O[C@H]1CC[C@H](n2cc(-c3cnc4[nH]cc([C@@H](CF)c5c(OC(F)F)ccc(F)c5Cl)c4c3)cn2)CC1. The van der Waals surface area contributed by atoms with Crippen molar-refractivity contribution in [1.29, 1.82) is 0 Å². The molecule has 11 heteroatoms. The Morgan fingerprint density at radius 2 is 1.94 bits per heavy atom. The Morgan fingerprint density at radius 1 is 1.17 bits per heavy atom. The van der Waals surface area contributed by atoms with E-state index >= 15 is 0 Å². The van der Waals surface area contributed by atoms with Gasteiger partial charge in [-0.2, -0.15) is 13.9 Å². The molecule has 0 spiro atoms. The van der Waals surface area contributed by atoms with Crippen molar-refractivity contribution in [2.24, 2.45) is 0 Å². The smallest absolute Gasteiger partial charge is 0.387 e. The highest BCUT2D eigenvalue weighted by Crippen LogP contribution is 2.42. The van der Waals surface area contributed by atoms with Crippen LogP contribution >= 0.6 is 11.6 Å². The number of aliphatic hydroxyl groups excluding tert-OH is 1. The summed E-state index contributed by atoms with van der Waals surface area (Å²) in [7, 11) is 0. The number of alkyl halides is 3. The lowest BCUT2D eigenvalue weighted by molar-refractivity contribution is -0.0506. The molecule has 0 saturated heterocycles. The summed E-state index contributed by atoms with van der Waals surface area (Å²) in [5, 5.41) is 14.3. The first-order chi connectivity index (χ1) is 17.4. The molecule has 190 valence electrons. The molecular weight excluding hydrogens is 500 g/mol. The van der Waals surface area contributed by atoms with Crippen LogP contribution in [-0.4, -0.2) is 44.2 Å². The number of benzene rings is 1. The fourth-order valence-electron chi connectivity index (χ4n) is 4.87. The molecule has 3 heterocycles. The van der Waals surface area contributed by atoms with Gasteiger partial charge in [0.2, 0.25) is 0 Å². The van der Waals surface area contributed by atoms with Crippen molar-refractivity contribution >= 4 is 22.6 Å². The number of aromatic amines is 1. The lowest BCUT2D eigenvalue weighted by Gasteiger charge is -2.25. The highest BCUT2D eigenvalue weighted by atomic mass is 35.5. The van der Waals surface area contributed by atoms with Gasteiger partial charge in [-0.05, 0) is 49.4 Å². The van der Waals surface area contributed by atoms with Gasteiger partial charge in [-0.25, -0.2) is 9.37 Å². The van der Waals surface area contributed by atoms with Crippen LogP contribution in [0.5, 0.6) is 5.75 Å². The largest absolute Gasteiger partial charge is 0.434 e. The standard InChI is InChI=1S/C25H23ClF4N4O2/c26-23-20(28)5-6-21(36-25(29)30)22(23)18(8-27)19-11-32-24-17(19)7-13(9-31-24)14-10-33-34(12-14)15-1-3-16(35)4-2-15/h5-7,9-12,15-16,18,25,35H,1-4,8H2,(H,31,32)/t15-,16-,18-/m1/s1. The number of nitrogens with one attached hydrogen (secondary N) is 1. The Hall–Kier alpha value is -3.11. The second kappa shape index (κ2) is 10.1. The van der Waals surface area contributed by atoms with Crippen molar-refractivity contribution in [3.05, 3.63) is 65.0 Å². The Labute approximate surface area is 208 Å². The van der Waals surface area contributed by atoms with E-state index in [9.17, 15) is 22.7 Å². The van der Waals surface area contributed by atoms with Crippen molar-refractivity contribution < 1.29 is 27.4 Å². The minimum Gasteiger partial charge on any atom is -0.434 e. The highest BCUT2D eigenvalue weighted by Gasteiger charge is 2.28. The third-order valence-electron chi connectivity index (χ3n) is 6.73. The molecule has 1 aromatic carbocycles. The maximum Gasteiger partial charge on any atom is 0.387 e. The van der Waals surface area contributed by atoms with Gasteiger partial charge in [0.1, 0.15) is 23.9 Å². The van der Waals surface area contributed by atoms with Crippen LogP contribution < -0.4 is 4.74 Å². The molecule has 0 aliphatic heterocycles. The fraction of sp³-hybridized carbons (Fsp3) is 0.360. The minimum atomic E-state index is -3.19. The van der Waals surface area contributed by atoms with Gasteiger partial charge in [0.15, 0.2) is 0 Å². The summed E-state index contributed by atoms with van der Waals surface area (Å²) in [6.45, 7) is -4.23. The van der Waals surface area contributed by atoms with E-state index in [0.29, 0.717) is 16.6 Å². The van der Waals surface area contributed by atoms with Crippen molar-refractivity contribution in [3.8, 4) is 16.9 Å². The second-order valence-corrected chi connectivity index (χ2v) is 9.27. The van der Waals surface area contributed by atoms with E-state index in [4.69, 9.17) is 11.6 Å². The molecule has 0 bridgehead atoms. The molecule has 1 atom stereocenters. The summed E-state index contributed by atoms with van der Waals surface area (Å²) in [6, 6.07) is 3.91. The number of aliphatic hydroxyl groups is 1. The van der Waals surface area contributed by atoms with Crippen molar-refractivity contribution in [2.75, 3.05) is 6.67 Å². The van der Waals surface area contributed by atoms with Crippen LogP contribution in [0.3, 0.4) is 0 Å². The van der Waals surface area contributed by atoms with E-state index in [1.54, 1.807) is 18.5 Å². The Balaban J connectivity index is 1.53. The molecule has 0 unspecified atom stereocenters. The van der Waals surface area contributed by atoms with Crippen LogP contribution in [0.25, 0.3) is 22.2 Å². The van der Waals surface area contributed by atoms with Crippen LogP contribution in [0.1, 0.15) is 48.8 Å². The molecule has 1 aliphatic carbocycles. The highest BCUT2D eigenvalue weighted by molar-refractivity contribution is 6.31. The van der Waals surface area contributed by atoms with E-state index < -0.39 is 35.8 Å². The predicted octanol–water partition coefficient (Wildman–Crippen LogP) is 6.40. The number of fused-ring (bicyclic) bond motifs is 1. The second-order valence-electron chi connectivity index (χ2n) is 8.89. The van der Waals surface area contributed by atoms with Gasteiger partial charge < -0.3 is 14.8 Å². The summed E-state index contributed by atoms with van der Waals surface area (Å²) in [6.07, 6.45) is 9.63. The monoisotopic (exact) mass is 522 g/mol. The molecule has 6 nitrogen and oxygen atoms in total. The maximum atomic E-state index is 14.4. The van der Waals surface area contributed by atoms with Crippen molar-refractivity contribution in [1.82, 2.24) is 19.7 Å². The maximum absolute atomic E-state index is 14.4. The minimum absolute atomic E-state index is 0.195. The van der Waals surface area contributed by atoms with E-state index in [1.165, 1.54) is 6.20 Å². The molecule has 36 heavy (non-hydrogen) atoms. The normalized spacial score (nSPS) is 19.2. The third kappa shape index (κ3) is 4.67. The van der Waals surface area contributed by atoms with Gasteiger partial charge in [-0.15, -0.1) is 0 Å². The van der Waals surface area contributed by atoms with Crippen LogP contribution in [0.4, 0.5) is 17.6 Å². The lowest BCUT2D eigenvalue weighted by atomic mass is 9.91. The first kappa shape index (κ1) is 24.6. The quantitative estimate of drug-likeness (QED) is 0.275. The van der Waals surface area contributed by atoms with Crippen LogP contribution in [0.2, 0.25) is 5.02 Å². The predicted molar refractivity (Wildman–Crippen MR) is 127 cm³/mol. The fourth-order valence-corrected chi connectivity index (χ4v) is 5.16. The average molecular weight is 523 g/mol. The van der Waals surface area contributed by atoms with Crippen molar-refractivity contribution in [3.63, 3.8) is 0 Å². The molecule has 1 saturated carbocycles. The number of aromatic nitrogens is 4. The van der Waals surface area contributed by atoms with Crippen LogP contribution in [0, 0.1) is 5.82 Å². The van der Waals surface area contributed by atoms with Crippen molar-refractivity contribution in [2.45, 2.75) is 50.4 Å². The first-order valence-corrected chi connectivity index (χ1v) is 11.9. The van der Waals surface area contributed by atoms with E-state index in [-0.39, 0.29) is 17.7 Å². The Morgan fingerprint density at radius 3 is 2.67 bits per heavy atom. The Bertz CT molecular complexity index is 1370. The van der Waals surface area contributed by atoms with Gasteiger partial charge >= 0.3 is 6.61 Å². The number of pyridine rings is 1. The van der Waals surface area contributed by atoms with E-state index in [2.05, 4.69) is 19.8 Å². The number of ether oxygens (including phenoxy) is 1. The number of H-pyrrole nitrogens is 1. The molecule has 1 aliphatic rings. The zero-order valence-corrected chi connectivity index (χ0v) is 19.7. The van der Waals surface area contributed by atoms with Gasteiger partial charge in [0.05, 0.1) is 23.4 Å². The lowest BCUT2D eigenvalue weighted by Crippen LogP contribution is -2.21. The van der Waals surface area contributed by atoms with Gasteiger partial charge in [-0.3, -0.25) is 9.07 Å². The topological polar surface area (TPSA) is 76.0 Å². The zero-order valence-electron chi connectivity index (χ0n) is 19.0. The molecular formula is C25H23ClF4N4O2. The summed E-state index contributed by atoms with van der Waals surface area (Å²) >= 11 is 6.12. The third-order valence-corrected chi connectivity index (χ3v) is 7.11. The molecule has 3 aromatic heterocycles. The number of hydrogen-bond acceptors (Lipinski definition) is 4. The summed E-state index contributed by atoms with van der Waals surface area (Å²) in [4.78, 5) is 7.38. The molecule has 5 rings (SSSR count). The van der Waals surface area contributed by atoms with Gasteiger partial charge in [0.25, 0.3) is 0 Å². The molecule has 4 aromatic rings. The van der Waals surface area contributed by atoms with E-state index in [0.717, 1.165) is 48.9 Å². The zero-order chi connectivity index (χ0) is 25.4. The number of nitrogens with zero attached hydrogens (tertiary/aromatic N) is 3. The molecule has 0 radical (unpaired) electrons. The molecule has 1 fully saturated rings. The summed E-state index contributed by atoms with van der Waals surface area (Å²) in [5.41, 5.74) is 2.15. The first-order valence-electron chi connectivity index (χ1n) is 11.5. The summed E-state index contributed by atoms with van der Waals surface area (Å²) in [5.74, 6) is -2.44. The Kier molecular flexibility index (Phi) is 6.90. The molecule has 2 N–H and O–H groups in total. The summed E-state index contributed by atoms with van der Waals surface area (Å²) < 4.78 is 61.1. The van der Waals surface area contributed by atoms with Gasteiger partial charge in [-0.1, -0.05) is 11.6 Å². The van der Waals surface area contributed by atoms with Gasteiger partial charge in [0, 0.05) is 46.6 Å². The molecule has 0 amide bonds. The van der Waals surface area contributed by atoms with E-state index in [1.807, 2.05) is 10.9 Å². The number of rotatable bonds is 7. The number of halogens is 5. The number of hydrogen-bond donors (Lipinski definition) is 2. The van der Waals surface area contributed by atoms with Crippen LogP contribution in [-0.2, 0) is 0 Å². The van der Waals surface area contributed by atoms with Crippen LogP contribution in [0.15, 0.2) is 43.0 Å². The average Bonchev–Trinajstić information content (AvgIpc) is 3.51.